The Labute approximate surface area is 105 Å². The van der Waals surface area contributed by atoms with Crippen LogP contribution in [0.2, 0.25) is 0 Å². The number of anilines is 1. The van der Waals surface area contributed by atoms with Gasteiger partial charge < -0.3 is 9.88 Å². The Balaban J connectivity index is 2.00. The van der Waals surface area contributed by atoms with Crippen molar-refractivity contribution < 1.29 is 0 Å². The second-order valence-electron chi connectivity index (χ2n) is 5.76. The van der Waals surface area contributed by atoms with Gasteiger partial charge in [0.15, 0.2) is 0 Å². The van der Waals surface area contributed by atoms with Gasteiger partial charge in [0.05, 0.1) is 0 Å². The number of imidazole rings is 1. The molecule has 96 valence electrons. The summed E-state index contributed by atoms with van der Waals surface area (Å²) >= 11 is 0. The van der Waals surface area contributed by atoms with Gasteiger partial charge in [-0.05, 0) is 32.1 Å². The van der Waals surface area contributed by atoms with Crippen molar-refractivity contribution in [3.63, 3.8) is 0 Å². The van der Waals surface area contributed by atoms with Gasteiger partial charge in [-0.25, -0.2) is 4.98 Å². The van der Waals surface area contributed by atoms with Gasteiger partial charge in [-0.2, -0.15) is 0 Å². The highest BCUT2D eigenvalue weighted by Gasteiger charge is 2.18. The van der Waals surface area contributed by atoms with E-state index in [4.69, 9.17) is 0 Å². The van der Waals surface area contributed by atoms with Crippen LogP contribution in [-0.4, -0.2) is 15.6 Å². The molecule has 3 nitrogen and oxygen atoms in total. The average Bonchev–Trinajstić information content (AvgIpc) is 2.88. The number of nitrogens with one attached hydrogen (secondary N) is 1. The van der Waals surface area contributed by atoms with Crippen LogP contribution in [0.4, 0.5) is 5.95 Å². The Morgan fingerprint density at radius 2 is 2.06 bits per heavy atom. The van der Waals surface area contributed by atoms with Crippen LogP contribution in [0, 0.1) is 5.92 Å². The van der Waals surface area contributed by atoms with E-state index < -0.39 is 0 Å². The van der Waals surface area contributed by atoms with E-state index >= 15 is 0 Å². The maximum absolute atomic E-state index is 4.46. The van der Waals surface area contributed by atoms with Gasteiger partial charge in [0, 0.05) is 24.5 Å². The van der Waals surface area contributed by atoms with E-state index in [1.54, 1.807) is 0 Å². The number of hydrogen-bond acceptors (Lipinski definition) is 2. The quantitative estimate of drug-likeness (QED) is 0.840. The second-order valence-corrected chi connectivity index (χ2v) is 5.76. The van der Waals surface area contributed by atoms with Gasteiger partial charge in [0.2, 0.25) is 5.95 Å². The fraction of sp³-hybridized carbons (Fsp3) is 0.786. The molecule has 1 aliphatic carbocycles. The SMILES string of the molecule is CC(C)CC(C)n1ccnc1NC1CCCC1. The van der Waals surface area contributed by atoms with E-state index in [-0.39, 0.29) is 0 Å². The fourth-order valence-electron chi connectivity index (χ4n) is 2.83. The maximum Gasteiger partial charge on any atom is 0.203 e. The molecule has 1 N–H and O–H groups in total. The third-order valence-electron chi connectivity index (χ3n) is 3.64. The van der Waals surface area contributed by atoms with Crippen LogP contribution >= 0.6 is 0 Å². The van der Waals surface area contributed by atoms with Gasteiger partial charge in [0.25, 0.3) is 0 Å². The molecule has 0 aliphatic heterocycles. The lowest BCUT2D eigenvalue weighted by atomic mass is 10.1. The predicted molar refractivity (Wildman–Crippen MR) is 72.3 cm³/mol. The van der Waals surface area contributed by atoms with Crippen molar-refractivity contribution in [1.29, 1.82) is 0 Å². The number of hydrogen-bond donors (Lipinski definition) is 1. The second kappa shape index (κ2) is 5.56. The first-order valence-corrected chi connectivity index (χ1v) is 6.96. The lowest BCUT2D eigenvalue weighted by molar-refractivity contribution is 0.429. The lowest BCUT2D eigenvalue weighted by Gasteiger charge is -2.20. The predicted octanol–water partition coefficient (Wildman–Crippen LogP) is 3.84. The summed E-state index contributed by atoms with van der Waals surface area (Å²) in [5, 5.41) is 3.60. The van der Waals surface area contributed by atoms with Gasteiger partial charge in [-0.15, -0.1) is 0 Å². The monoisotopic (exact) mass is 235 g/mol. The van der Waals surface area contributed by atoms with Crippen molar-refractivity contribution in [3.05, 3.63) is 12.4 Å². The Hall–Kier alpha value is -0.990. The zero-order valence-electron chi connectivity index (χ0n) is 11.3. The van der Waals surface area contributed by atoms with Crippen LogP contribution in [0.25, 0.3) is 0 Å². The first kappa shape index (κ1) is 12.5. The Morgan fingerprint density at radius 1 is 1.35 bits per heavy atom. The summed E-state index contributed by atoms with van der Waals surface area (Å²) in [5.41, 5.74) is 0. The Bertz CT molecular complexity index is 337. The molecule has 1 aromatic rings. The first-order chi connectivity index (χ1) is 8.16. The van der Waals surface area contributed by atoms with E-state index in [9.17, 15) is 0 Å². The minimum absolute atomic E-state index is 0.529. The largest absolute Gasteiger partial charge is 0.353 e. The molecule has 0 amide bonds. The van der Waals surface area contributed by atoms with Crippen molar-refractivity contribution in [2.24, 2.45) is 5.92 Å². The van der Waals surface area contributed by atoms with Gasteiger partial charge >= 0.3 is 0 Å². The van der Waals surface area contributed by atoms with E-state index in [2.05, 4.69) is 41.8 Å². The lowest BCUT2D eigenvalue weighted by Crippen LogP contribution is -2.19. The van der Waals surface area contributed by atoms with E-state index in [0.29, 0.717) is 12.1 Å². The topological polar surface area (TPSA) is 29.9 Å². The number of rotatable bonds is 5. The van der Waals surface area contributed by atoms with Crippen LogP contribution < -0.4 is 5.32 Å². The molecule has 1 aliphatic rings. The summed E-state index contributed by atoms with van der Waals surface area (Å²) in [7, 11) is 0. The smallest absolute Gasteiger partial charge is 0.203 e. The van der Waals surface area contributed by atoms with Crippen LogP contribution in [-0.2, 0) is 0 Å². The summed E-state index contributed by atoms with van der Waals surface area (Å²) in [4.78, 5) is 4.46. The zero-order chi connectivity index (χ0) is 12.3. The summed E-state index contributed by atoms with van der Waals surface area (Å²) in [5.74, 6) is 1.79. The van der Waals surface area contributed by atoms with Gasteiger partial charge in [-0.1, -0.05) is 26.7 Å². The molecule has 1 aromatic heterocycles. The summed E-state index contributed by atoms with van der Waals surface area (Å²) in [6, 6.07) is 1.17. The third kappa shape index (κ3) is 3.24. The zero-order valence-corrected chi connectivity index (χ0v) is 11.3. The average molecular weight is 235 g/mol. The molecule has 0 radical (unpaired) electrons. The number of nitrogens with zero attached hydrogens (tertiary/aromatic N) is 2. The molecular weight excluding hydrogens is 210 g/mol. The first-order valence-electron chi connectivity index (χ1n) is 6.96. The highest BCUT2D eigenvalue weighted by molar-refractivity contribution is 5.28. The minimum Gasteiger partial charge on any atom is -0.353 e. The van der Waals surface area contributed by atoms with Gasteiger partial charge in [-0.3, -0.25) is 0 Å². The third-order valence-corrected chi connectivity index (χ3v) is 3.64. The van der Waals surface area contributed by atoms with Crippen molar-refractivity contribution in [3.8, 4) is 0 Å². The standard InChI is InChI=1S/C14H25N3/c1-11(2)10-12(3)17-9-8-15-14(17)16-13-6-4-5-7-13/h8-9,11-13H,4-7,10H2,1-3H3,(H,15,16). The molecule has 0 bridgehead atoms. The molecule has 0 spiro atoms. The Morgan fingerprint density at radius 3 is 2.71 bits per heavy atom. The van der Waals surface area contributed by atoms with Gasteiger partial charge in [0.1, 0.15) is 0 Å². The highest BCUT2D eigenvalue weighted by atomic mass is 15.2. The Kier molecular flexibility index (Phi) is 4.08. The molecule has 1 saturated carbocycles. The van der Waals surface area contributed by atoms with Crippen molar-refractivity contribution >= 4 is 5.95 Å². The molecule has 17 heavy (non-hydrogen) atoms. The normalized spacial score (nSPS) is 18.8. The minimum atomic E-state index is 0.529. The molecule has 1 heterocycles. The van der Waals surface area contributed by atoms with Crippen LogP contribution in [0.1, 0.15) is 58.9 Å². The summed E-state index contributed by atoms with van der Waals surface area (Å²) in [6.45, 7) is 6.83. The molecule has 1 unspecified atom stereocenters. The summed E-state index contributed by atoms with van der Waals surface area (Å²) < 4.78 is 2.29. The van der Waals surface area contributed by atoms with Crippen molar-refractivity contribution in [2.75, 3.05) is 5.32 Å². The molecule has 0 saturated heterocycles. The van der Waals surface area contributed by atoms with Crippen molar-refractivity contribution in [1.82, 2.24) is 9.55 Å². The van der Waals surface area contributed by atoms with E-state index in [1.165, 1.54) is 32.1 Å². The fourth-order valence-corrected chi connectivity index (χ4v) is 2.83. The van der Waals surface area contributed by atoms with Crippen LogP contribution in [0.5, 0.6) is 0 Å². The molecule has 0 aromatic carbocycles. The molecule has 2 rings (SSSR count). The number of aromatic nitrogens is 2. The van der Waals surface area contributed by atoms with Crippen LogP contribution in [0.3, 0.4) is 0 Å². The van der Waals surface area contributed by atoms with E-state index in [1.807, 2.05) is 6.20 Å². The van der Waals surface area contributed by atoms with E-state index in [0.717, 1.165) is 11.9 Å². The molecule has 1 fully saturated rings. The summed E-state index contributed by atoms with van der Waals surface area (Å²) in [6.07, 6.45) is 10.5. The molecular formula is C14H25N3. The molecule has 1 atom stereocenters. The van der Waals surface area contributed by atoms with Crippen LogP contribution in [0.15, 0.2) is 12.4 Å². The maximum atomic E-state index is 4.46. The highest BCUT2D eigenvalue weighted by Crippen LogP contribution is 2.25. The molecule has 3 heteroatoms. The van der Waals surface area contributed by atoms with Crippen molar-refractivity contribution in [2.45, 2.75) is 65.0 Å².